The predicted octanol–water partition coefficient (Wildman–Crippen LogP) is 4.04. The molecule has 8 nitrogen and oxygen atoms in total. The highest BCUT2D eigenvalue weighted by Gasteiger charge is 2.38. The van der Waals surface area contributed by atoms with E-state index in [-0.39, 0.29) is 5.91 Å². The third kappa shape index (κ3) is 7.78. The zero-order valence-electron chi connectivity index (χ0n) is 21.1. The lowest BCUT2D eigenvalue weighted by Gasteiger charge is -2.26. The third-order valence-corrected chi connectivity index (χ3v) is 6.43. The molecule has 1 amide bonds. The van der Waals surface area contributed by atoms with Crippen molar-refractivity contribution in [1.82, 2.24) is 20.2 Å². The second-order valence-electron chi connectivity index (χ2n) is 9.09. The van der Waals surface area contributed by atoms with Crippen molar-refractivity contribution in [1.29, 1.82) is 0 Å². The fourth-order valence-corrected chi connectivity index (χ4v) is 4.36. The minimum absolute atomic E-state index is 0.00314. The first kappa shape index (κ1) is 28.1. The van der Waals surface area contributed by atoms with E-state index in [4.69, 9.17) is 14.6 Å². The van der Waals surface area contributed by atoms with E-state index in [0.717, 1.165) is 73.9 Å². The molecule has 1 saturated heterocycles. The maximum Gasteiger partial charge on any atom is 0.490 e. The van der Waals surface area contributed by atoms with Gasteiger partial charge >= 0.3 is 12.1 Å². The summed E-state index contributed by atoms with van der Waals surface area (Å²) in [5, 5.41) is 10.0. The van der Waals surface area contributed by atoms with Crippen LogP contribution in [0.15, 0.2) is 48.7 Å². The van der Waals surface area contributed by atoms with Crippen molar-refractivity contribution < 1.29 is 32.6 Å². The standard InChI is InChI=1S/C26H28N4O2.C2HF3O2/c31-26-23-18-25(29-24(23)8-11-28-26)21-7-10-27-22(17-21)6-5-19-3-1-2-4-20(19)9-12-30-13-15-32-16-14-30;3-2(4,5)1(6)7/h1-7,10,17-18,29H,8-9,11-16H2,(H,28,31);(H,6,7). The van der Waals surface area contributed by atoms with Crippen LogP contribution in [-0.4, -0.2) is 77.4 Å². The Kier molecular flexibility index (Phi) is 9.15. The Hall–Kier alpha value is -3.96. The van der Waals surface area contributed by atoms with E-state index in [0.29, 0.717) is 6.54 Å². The van der Waals surface area contributed by atoms with Crippen LogP contribution >= 0.6 is 0 Å². The maximum absolute atomic E-state index is 12.1. The first-order chi connectivity index (χ1) is 18.7. The number of hydrogen-bond acceptors (Lipinski definition) is 5. The number of carbonyl (C=O) groups is 2. The van der Waals surface area contributed by atoms with Crippen LogP contribution in [0.5, 0.6) is 0 Å². The number of aromatic nitrogens is 2. The molecule has 2 aliphatic rings. The molecule has 2 aliphatic heterocycles. The number of morpholine rings is 1. The van der Waals surface area contributed by atoms with Gasteiger partial charge in [-0.1, -0.05) is 30.3 Å². The van der Waals surface area contributed by atoms with Crippen LogP contribution in [0.25, 0.3) is 23.4 Å². The third-order valence-electron chi connectivity index (χ3n) is 6.43. The molecule has 206 valence electrons. The lowest BCUT2D eigenvalue weighted by atomic mass is 10.0. The van der Waals surface area contributed by atoms with Gasteiger partial charge in [0.2, 0.25) is 0 Å². The number of nitrogens with zero attached hydrogens (tertiary/aromatic N) is 2. The molecule has 1 fully saturated rings. The number of amides is 1. The quantitative estimate of drug-likeness (QED) is 0.434. The van der Waals surface area contributed by atoms with E-state index in [9.17, 15) is 18.0 Å². The molecule has 0 aliphatic carbocycles. The summed E-state index contributed by atoms with van der Waals surface area (Å²) in [5.41, 5.74) is 7.19. The molecule has 0 saturated carbocycles. The molecule has 39 heavy (non-hydrogen) atoms. The molecular formula is C28H29F3N4O4. The number of carboxylic acids is 1. The second kappa shape index (κ2) is 12.7. The normalized spacial score (nSPS) is 15.8. The van der Waals surface area contributed by atoms with E-state index in [1.807, 2.05) is 18.3 Å². The van der Waals surface area contributed by atoms with Crippen LogP contribution in [0.2, 0.25) is 0 Å². The summed E-state index contributed by atoms with van der Waals surface area (Å²) in [7, 11) is 0. The number of carbonyl (C=O) groups excluding carboxylic acids is 1. The van der Waals surface area contributed by atoms with Crippen LogP contribution in [0.1, 0.15) is 32.9 Å². The number of aliphatic carboxylic acids is 1. The number of nitrogens with one attached hydrogen (secondary N) is 2. The van der Waals surface area contributed by atoms with Crippen molar-refractivity contribution in [2.24, 2.45) is 0 Å². The number of rotatable bonds is 6. The summed E-state index contributed by atoms with van der Waals surface area (Å²) >= 11 is 0. The zero-order chi connectivity index (χ0) is 27.8. The number of H-pyrrole nitrogens is 1. The molecule has 0 atom stereocenters. The molecule has 4 heterocycles. The number of pyridine rings is 1. The highest BCUT2D eigenvalue weighted by Crippen LogP contribution is 2.25. The topological polar surface area (TPSA) is 108 Å². The minimum atomic E-state index is -5.08. The van der Waals surface area contributed by atoms with Crippen molar-refractivity contribution in [2.75, 3.05) is 39.4 Å². The molecule has 0 bridgehead atoms. The number of aromatic amines is 1. The summed E-state index contributed by atoms with van der Waals surface area (Å²) < 4.78 is 37.2. The van der Waals surface area contributed by atoms with Crippen molar-refractivity contribution in [3.63, 3.8) is 0 Å². The van der Waals surface area contributed by atoms with E-state index in [2.05, 4.69) is 62.7 Å². The Labute approximate surface area is 223 Å². The van der Waals surface area contributed by atoms with Crippen LogP contribution in [0.4, 0.5) is 13.2 Å². The SMILES string of the molecule is O=C(O)C(F)(F)F.O=C1NCCc2[nH]c(-c3ccnc(C=Cc4ccccc4CCN4CCOCC4)c3)cc21. The summed E-state index contributed by atoms with van der Waals surface area (Å²) in [6, 6.07) is 14.5. The van der Waals surface area contributed by atoms with Gasteiger partial charge in [-0.2, -0.15) is 13.2 Å². The van der Waals surface area contributed by atoms with Crippen molar-refractivity contribution in [3.8, 4) is 11.3 Å². The molecule has 0 unspecified atom stereocenters. The van der Waals surface area contributed by atoms with Gasteiger partial charge in [0.15, 0.2) is 0 Å². The number of ether oxygens (including phenoxy) is 1. The van der Waals surface area contributed by atoms with Gasteiger partial charge in [-0.25, -0.2) is 4.79 Å². The highest BCUT2D eigenvalue weighted by molar-refractivity contribution is 5.97. The Morgan fingerprint density at radius 3 is 2.59 bits per heavy atom. The molecule has 11 heteroatoms. The lowest BCUT2D eigenvalue weighted by Crippen LogP contribution is -2.37. The van der Waals surface area contributed by atoms with Crippen LogP contribution in [0.3, 0.4) is 0 Å². The van der Waals surface area contributed by atoms with Gasteiger partial charge in [-0.05, 0) is 41.8 Å². The van der Waals surface area contributed by atoms with E-state index < -0.39 is 12.1 Å². The fraction of sp³-hybridized carbons (Fsp3) is 0.321. The summed E-state index contributed by atoms with van der Waals surface area (Å²) in [4.78, 5) is 31.4. The number of halogens is 3. The molecule has 1 aromatic carbocycles. The monoisotopic (exact) mass is 542 g/mol. The van der Waals surface area contributed by atoms with Crippen LogP contribution < -0.4 is 5.32 Å². The predicted molar refractivity (Wildman–Crippen MR) is 140 cm³/mol. The van der Waals surface area contributed by atoms with Gasteiger partial charge in [0.25, 0.3) is 5.91 Å². The Morgan fingerprint density at radius 2 is 1.87 bits per heavy atom. The Morgan fingerprint density at radius 1 is 1.13 bits per heavy atom. The molecule has 0 spiro atoms. The number of benzene rings is 1. The molecule has 0 radical (unpaired) electrons. The first-order valence-corrected chi connectivity index (χ1v) is 12.5. The first-order valence-electron chi connectivity index (χ1n) is 12.5. The van der Waals surface area contributed by atoms with E-state index >= 15 is 0 Å². The summed E-state index contributed by atoms with van der Waals surface area (Å²) in [5.74, 6) is -2.76. The number of fused-ring (bicyclic) bond motifs is 1. The smallest absolute Gasteiger partial charge is 0.475 e. The summed E-state index contributed by atoms with van der Waals surface area (Å²) in [6.07, 6.45) is 2.80. The van der Waals surface area contributed by atoms with Gasteiger partial charge in [0, 0.05) is 55.7 Å². The molecule has 3 aromatic rings. The molecular weight excluding hydrogens is 513 g/mol. The van der Waals surface area contributed by atoms with Crippen molar-refractivity contribution in [2.45, 2.75) is 19.0 Å². The van der Waals surface area contributed by atoms with Gasteiger partial charge < -0.3 is 20.1 Å². The highest BCUT2D eigenvalue weighted by atomic mass is 19.4. The zero-order valence-corrected chi connectivity index (χ0v) is 21.1. The second-order valence-corrected chi connectivity index (χ2v) is 9.09. The average Bonchev–Trinajstić information content (AvgIpc) is 3.38. The lowest BCUT2D eigenvalue weighted by molar-refractivity contribution is -0.192. The fourth-order valence-electron chi connectivity index (χ4n) is 4.36. The van der Waals surface area contributed by atoms with Crippen molar-refractivity contribution >= 4 is 24.0 Å². The minimum Gasteiger partial charge on any atom is -0.475 e. The molecule has 5 rings (SSSR count). The van der Waals surface area contributed by atoms with Crippen LogP contribution in [-0.2, 0) is 22.4 Å². The van der Waals surface area contributed by atoms with Gasteiger partial charge in [0.1, 0.15) is 0 Å². The van der Waals surface area contributed by atoms with Gasteiger partial charge in [-0.3, -0.25) is 14.7 Å². The summed E-state index contributed by atoms with van der Waals surface area (Å²) in [6.45, 7) is 5.42. The maximum atomic E-state index is 12.1. The number of alkyl halides is 3. The molecule has 2 aromatic heterocycles. The Balaban J connectivity index is 0.000000448. The average molecular weight is 543 g/mol. The van der Waals surface area contributed by atoms with Gasteiger partial charge in [0.05, 0.1) is 24.5 Å². The molecule has 3 N–H and O–H groups in total. The Bertz CT molecular complexity index is 1330. The van der Waals surface area contributed by atoms with E-state index in [1.165, 1.54) is 11.1 Å². The largest absolute Gasteiger partial charge is 0.490 e. The number of hydrogen-bond donors (Lipinski definition) is 3. The number of carboxylic acid groups (broad SMARTS) is 1. The van der Waals surface area contributed by atoms with Gasteiger partial charge in [-0.15, -0.1) is 0 Å². The van der Waals surface area contributed by atoms with Crippen molar-refractivity contribution in [3.05, 3.63) is 76.7 Å². The van der Waals surface area contributed by atoms with Crippen LogP contribution in [0, 0.1) is 0 Å². The van der Waals surface area contributed by atoms with E-state index in [1.54, 1.807) is 0 Å².